The molecule has 1 aliphatic heterocycles. The largest absolute Gasteiger partial charge is 0.392 e. The molecule has 13 heavy (non-hydrogen) atoms. The number of likely N-dealkylation sites (N-methyl/N-ethyl adjacent to an activating group) is 1. The lowest BCUT2D eigenvalue weighted by atomic mass is 10.2. The molecule has 2 atom stereocenters. The second kappa shape index (κ2) is 4.07. The third kappa shape index (κ3) is 2.42. The van der Waals surface area contributed by atoms with Crippen LogP contribution in [0.25, 0.3) is 0 Å². The van der Waals surface area contributed by atoms with E-state index in [1.165, 1.54) is 0 Å². The maximum atomic E-state index is 11.5. The third-order valence-corrected chi connectivity index (χ3v) is 2.54. The first kappa shape index (κ1) is 10.5. The molecular weight excluding hydrogens is 168 g/mol. The summed E-state index contributed by atoms with van der Waals surface area (Å²) in [6.45, 7) is 3.34. The molecule has 1 saturated heterocycles. The van der Waals surface area contributed by atoms with Crippen LogP contribution in [0, 0.1) is 0 Å². The topological polar surface area (TPSA) is 43.8 Å². The van der Waals surface area contributed by atoms with Gasteiger partial charge in [-0.15, -0.1) is 0 Å². The average Bonchev–Trinajstić information content (AvgIpc) is 2.49. The molecule has 1 amide bonds. The average molecular weight is 186 g/mol. The molecule has 0 bridgehead atoms. The van der Waals surface area contributed by atoms with Gasteiger partial charge in [-0.1, -0.05) is 0 Å². The van der Waals surface area contributed by atoms with Crippen LogP contribution in [0.1, 0.15) is 13.3 Å². The molecule has 1 heterocycles. The smallest absolute Gasteiger partial charge is 0.239 e. The number of hydrogen-bond donors (Lipinski definition) is 1. The van der Waals surface area contributed by atoms with E-state index >= 15 is 0 Å². The zero-order valence-electron chi connectivity index (χ0n) is 8.53. The van der Waals surface area contributed by atoms with Gasteiger partial charge in [-0.05, 0) is 13.3 Å². The first-order valence-corrected chi connectivity index (χ1v) is 4.65. The van der Waals surface area contributed by atoms with Crippen LogP contribution in [0.3, 0.4) is 0 Å². The van der Waals surface area contributed by atoms with Gasteiger partial charge in [0.25, 0.3) is 0 Å². The molecule has 0 aliphatic carbocycles. The quantitative estimate of drug-likeness (QED) is 0.634. The number of amides is 1. The number of aliphatic hydroxyl groups is 1. The lowest BCUT2D eigenvalue weighted by Crippen LogP contribution is -2.43. The first-order chi connectivity index (χ1) is 6.02. The Morgan fingerprint density at radius 3 is 2.62 bits per heavy atom. The molecule has 1 aliphatic rings. The van der Waals surface area contributed by atoms with Crippen molar-refractivity contribution in [2.75, 3.05) is 27.2 Å². The van der Waals surface area contributed by atoms with Gasteiger partial charge in [0.05, 0.1) is 12.1 Å². The van der Waals surface area contributed by atoms with E-state index in [0.717, 1.165) is 13.0 Å². The van der Waals surface area contributed by atoms with Crippen molar-refractivity contribution < 1.29 is 9.90 Å². The van der Waals surface area contributed by atoms with Crippen molar-refractivity contribution in [3.63, 3.8) is 0 Å². The van der Waals surface area contributed by atoms with Crippen molar-refractivity contribution in [2.45, 2.75) is 25.5 Å². The predicted molar refractivity (Wildman–Crippen MR) is 50.4 cm³/mol. The van der Waals surface area contributed by atoms with Gasteiger partial charge in [-0.3, -0.25) is 9.69 Å². The zero-order valence-corrected chi connectivity index (χ0v) is 8.53. The van der Waals surface area contributed by atoms with E-state index in [1.54, 1.807) is 19.0 Å². The minimum absolute atomic E-state index is 0.104. The summed E-state index contributed by atoms with van der Waals surface area (Å²) in [6.07, 6.45) is 0.530. The lowest BCUT2D eigenvalue weighted by Gasteiger charge is -2.25. The van der Waals surface area contributed by atoms with Gasteiger partial charge < -0.3 is 10.0 Å². The van der Waals surface area contributed by atoms with Crippen molar-refractivity contribution in [1.29, 1.82) is 0 Å². The molecular formula is C9H18N2O2. The number of rotatable bonds is 2. The van der Waals surface area contributed by atoms with Crippen molar-refractivity contribution in [1.82, 2.24) is 9.80 Å². The van der Waals surface area contributed by atoms with Crippen LogP contribution in [0.15, 0.2) is 0 Å². The third-order valence-electron chi connectivity index (χ3n) is 2.54. The highest BCUT2D eigenvalue weighted by Gasteiger charge is 2.28. The Morgan fingerprint density at radius 1 is 1.62 bits per heavy atom. The molecule has 0 aromatic rings. The van der Waals surface area contributed by atoms with Gasteiger partial charge in [-0.2, -0.15) is 0 Å². The Balaban J connectivity index is 2.48. The van der Waals surface area contributed by atoms with E-state index < -0.39 is 0 Å². The van der Waals surface area contributed by atoms with E-state index in [9.17, 15) is 9.90 Å². The van der Waals surface area contributed by atoms with Crippen LogP contribution in [0.4, 0.5) is 0 Å². The molecule has 0 aromatic carbocycles. The molecule has 76 valence electrons. The van der Waals surface area contributed by atoms with Gasteiger partial charge in [0.15, 0.2) is 0 Å². The van der Waals surface area contributed by atoms with E-state index in [0.29, 0.717) is 6.54 Å². The van der Waals surface area contributed by atoms with Gasteiger partial charge in [0, 0.05) is 27.2 Å². The van der Waals surface area contributed by atoms with E-state index in [2.05, 4.69) is 0 Å². The maximum absolute atomic E-state index is 11.5. The molecule has 1 N–H and O–H groups in total. The second-order valence-electron chi connectivity index (χ2n) is 3.85. The predicted octanol–water partition coefficient (Wildman–Crippen LogP) is -0.470. The number of carbonyl (C=O) groups is 1. The first-order valence-electron chi connectivity index (χ1n) is 4.65. The summed E-state index contributed by atoms with van der Waals surface area (Å²) in [5.74, 6) is 0.106. The number of β-amino-alcohol motifs (C(OH)–C–C–N with tert-alkyl or cyclic N) is 1. The Hall–Kier alpha value is -0.610. The summed E-state index contributed by atoms with van der Waals surface area (Å²) >= 11 is 0. The zero-order chi connectivity index (χ0) is 10.0. The highest BCUT2D eigenvalue weighted by Crippen LogP contribution is 2.13. The molecule has 0 saturated carbocycles. The van der Waals surface area contributed by atoms with Gasteiger partial charge >= 0.3 is 0 Å². The molecule has 0 spiro atoms. The summed E-state index contributed by atoms with van der Waals surface area (Å²) in [6, 6.07) is -0.104. The van der Waals surface area contributed by atoms with Crippen LogP contribution in [0.5, 0.6) is 0 Å². The standard InChI is InChI=1S/C9H18N2O2/c1-7(9(13)10(2)3)11-5-4-8(12)6-11/h7-8,12H,4-6H2,1-3H3/t7?,8-/m0/s1. The van der Waals surface area contributed by atoms with Crippen LogP contribution in [0.2, 0.25) is 0 Å². The van der Waals surface area contributed by atoms with Crippen LogP contribution in [-0.4, -0.2) is 60.1 Å². The number of likely N-dealkylation sites (tertiary alicyclic amines) is 1. The molecule has 4 heteroatoms. The summed E-state index contributed by atoms with van der Waals surface area (Å²) in [4.78, 5) is 15.2. The van der Waals surface area contributed by atoms with Crippen molar-refractivity contribution in [2.24, 2.45) is 0 Å². The maximum Gasteiger partial charge on any atom is 0.239 e. The van der Waals surface area contributed by atoms with Crippen LogP contribution >= 0.6 is 0 Å². The van der Waals surface area contributed by atoms with Crippen molar-refractivity contribution >= 4 is 5.91 Å². The number of aliphatic hydroxyl groups excluding tert-OH is 1. The minimum atomic E-state index is -0.252. The Labute approximate surface area is 79.1 Å². The fourth-order valence-corrected chi connectivity index (χ4v) is 1.65. The summed E-state index contributed by atoms with van der Waals surface area (Å²) in [5.41, 5.74) is 0. The number of hydrogen-bond acceptors (Lipinski definition) is 3. The minimum Gasteiger partial charge on any atom is -0.392 e. The van der Waals surface area contributed by atoms with Crippen LogP contribution in [-0.2, 0) is 4.79 Å². The van der Waals surface area contributed by atoms with Gasteiger partial charge in [0.1, 0.15) is 0 Å². The molecule has 0 aromatic heterocycles. The Morgan fingerprint density at radius 2 is 2.23 bits per heavy atom. The van der Waals surface area contributed by atoms with Gasteiger partial charge in [0.2, 0.25) is 5.91 Å². The van der Waals surface area contributed by atoms with E-state index in [-0.39, 0.29) is 18.1 Å². The molecule has 0 radical (unpaired) electrons. The number of carbonyl (C=O) groups excluding carboxylic acids is 1. The SMILES string of the molecule is CC(C(=O)N(C)C)N1CC[C@H](O)C1. The normalized spacial score (nSPS) is 26.0. The van der Waals surface area contributed by atoms with Crippen molar-refractivity contribution in [3.05, 3.63) is 0 Å². The summed E-state index contributed by atoms with van der Waals surface area (Å²) in [7, 11) is 3.51. The number of nitrogens with zero attached hydrogens (tertiary/aromatic N) is 2. The highest BCUT2D eigenvalue weighted by atomic mass is 16.3. The fourth-order valence-electron chi connectivity index (χ4n) is 1.65. The highest BCUT2D eigenvalue weighted by molar-refractivity contribution is 5.80. The molecule has 1 fully saturated rings. The van der Waals surface area contributed by atoms with Crippen LogP contribution < -0.4 is 0 Å². The van der Waals surface area contributed by atoms with Gasteiger partial charge in [-0.25, -0.2) is 0 Å². The Bertz CT molecular complexity index is 194. The van der Waals surface area contributed by atoms with Crippen molar-refractivity contribution in [3.8, 4) is 0 Å². The summed E-state index contributed by atoms with van der Waals surface area (Å²) in [5, 5.41) is 9.30. The van der Waals surface area contributed by atoms with E-state index in [4.69, 9.17) is 0 Å². The monoisotopic (exact) mass is 186 g/mol. The molecule has 4 nitrogen and oxygen atoms in total. The lowest BCUT2D eigenvalue weighted by molar-refractivity contribution is -0.133. The fraction of sp³-hybridized carbons (Fsp3) is 0.889. The summed E-state index contributed by atoms with van der Waals surface area (Å²) < 4.78 is 0. The molecule has 1 unspecified atom stereocenters. The molecule has 1 rings (SSSR count). The Kier molecular flexibility index (Phi) is 3.27. The second-order valence-corrected chi connectivity index (χ2v) is 3.85. The van der Waals surface area contributed by atoms with E-state index in [1.807, 2.05) is 11.8 Å².